The average molecular weight is 436 g/mol. The maximum atomic E-state index is 13.2. The Morgan fingerprint density at radius 2 is 1.73 bits per heavy atom. The number of nitrogens with zero attached hydrogens (tertiary/aromatic N) is 3. The van der Waals surface area contributed by atoms with Gasteiger partial charge >= 0.3 is 0 Å². The van der Waals surface area contributed by atoms with E-state index in [1.54, 1.807) is 40.1 Å². The second kappa shape index (κ2) is 9.92. The van der Waals surface area contributed by atoms with E-state index in [9.17, 15) is 18.0 Å². The van der Waals surface area contributed by atoms with Crippen LogP contribution in [0.2, 0.25) is 0 Å². The van der Waals surface area contributed by atoms with E-state index >= 15 is 0 Å². The monoisotopic (exact) mass is 435 g/mol. The molecule has 166 valence electrons. The molecule has 3 rings (SSSR count). The number of rotatable bonds is 7. The molecule has 7 nitrogen and oxygen atoms in total. The normalized spacial score (nSPS) is 21.0. The molecule has 30 heavy (non-hydrogen) atoms. The standard InChI is InChI=1S/C22H33N3O4S/c1-3-4-14-23(2)21(26)18-12-16-24(17-13-18)22(27)20-11-8-15-25(20)30(28,29)19-9-6-5-7-10-19/h5-7,9-10,18,20H,3-4,8,11-17H2,1-2H3. The molecule has 0 saturated carbocycles. The molecule has 1 aromatic carbocycles. The first-order valence-electron chi connectivity index (χ1n) is 11.0. The van der Waals surface area contributed by atoms with Crippen molar-refractivity contribution in [2.24, 2.45) is 5.92 Å². The Morgan fingerprint density at radius 1 is 1.07 bits per heavy atom. The number of amides is 2. The molecule has 0 aliphatic carbocycles. The van der Waals surface area contributed by atoms with Crippen molar-refractivity contribution in [1.29, 1.82) is 0 Å². The summed E-state index contributed by atoms with van der Waals surface area (Å²) in [4.78, 5) is 29.6. The van der Waals surface area contributed by atoms with Crippen LogP contribution in [0.4, 0.5) is 0 Å². The zero-order valence-electron chi connectivity index (χ0n) is 18.0. The van der Waals surface area contributed by atoms with Crippen molar-refractivity contribution in [3.05, 3.63) is 30.3 Å². The number of piperidine rings is 1. The van der Waals surface area contributed by atoms with Gasteiger partial charge in [0.15, 0.2) is 0 Å². The minimum Gasteiger partial charge on any atom is -0.346 e. The minimum atomic E-state index is -3.69. The summed E-state index contributed by atoms with van der Waals surface area (Å²) in [5.41, 5.74) is 0. The average Bonchev–Trinajstić information content (AvgIpc) is 3.28. The summed E-state index contributed by atoms with van der Waals surface area (Å²) in [6.07, 6.45) is 4.54. The summed E-state index contributed by atoms with van der Waals surface area (Å²) in [7, 11) is -1.84. The molecule has 0 radical (unpaired) electrons. The summed E-state index contributed by atoms with van der Waals surface area (Å²) in [5.74, 6) is -0.0226. The number of likely N-dealkylation sites (tertiary alicyclic amines) is 1. The lowest BCUT2D eigenvalue weighted by molar-refractivity contribution is -0.141. The lowest BCUT2D eigenvalue weighted by atomic mass is 9.94. The van der Waals surface area contributed by atoms with Crippen LogP contribution < -0.4 is 0 Å². The van der Waals surface area contributed by atoms with E-state index < -0.39 is 16.1 Å². The second-order valence-electron chi connectivity index (χ2n) is 8.30. The van der Waals surface area contributed by atoms with Crippen molar-refractivity contribution in [2.75, 3.05) is 33.2 Å². The fraction of sp³-hybridized carbons (Fsp3) is 0.636. The number of carbonyl (C=O) groups excluding carboxylic acids is 2. The number of sulfonamides is 1. The maximum absolute atomic E-state index is 13.2. The Morgan fingerprint density at radius 3 is 2.37 bits per heavy atom. The topological polar surface area (TPSA) is 78.0 Å². The molecule has 2 amide bonds. The van der Waals surface area contributed by atoms with E-state index in [1.165, 1.54) is 4.31 Å². The molecule has 1 unspecified atom stereocenters. The molecule has 2 heterocycles. The van der Waals surface area contributed by atoms with Crippen molar-refractivity contribution in [3.63, 3.8) is 0 Å². The van der Waals surface area contributed by atoms with Gasteiger partial charge in [0.05, 0.1) is 4.90 Å². The second-order valence-corrected chi connectivity index (χ2v) is 10.2. The van der Waals surface area contributed by atoms with Gasteiger partial charge in [-0.1, -0.05) is 31.5 Å². The molecule has 0 aromatic heterocycles. The molecule has 2 fully saturated rings. The third kappa shape index (κ3) is 4.86. The van der Waals surface area contributed by atoms with Gasteiger partial charge in [-0.05, 0) is 44.2 Å². The number of unbranched alkanes of at least 4 members (excludes halogenated alkanes) is 1. The van der Waals surface area contributed by atoms with Crippen molar-refractivity contribution in [1.82, 2.24) is 14.1 Å². The van der Waals surface area contributed by atoms with Gasteiger partial charge in [-0.3, -0.25) is 9.59 Å². The third-order valence-electron chi connectivity index (χ3n) is 6.22. The molecule has 2 saturated heterocycles. The van der Waals surface area contributed by atoms with Crippen LogP contribution in [-0.2, 0) is 19.6 Å². The number of benzene rings is 1. The first-order valence-corrected chi connectivity index (χ1v) is 12.4. The van der Waals surface area contributed by atoms with Gasteiger partial charge in [0.25, 0.3) is 0 Å². The number of hydrogen-bond acceptors (Lipinski definition) is 4. The van der Waals surface area contributed by atoms with Gasteiger partial charge in [-0.2, -0.15) is 4.31 Å². The summed E-state index contributed by atoms with van der Waals surface area (Å²) in [5, 5.41) is 0. The highest BCUT2D eigenvalue weighted by Crippen LogP contribution is 2.29. The largest absolute Gasteiger partial charge is 0.346 e. The van der Waals surface area contributed by atoms with Crippen LogP contribution in [0.15, 0.2) is 35.2 Å². The fourth-order valence-corrected chi connectivity index (χ4v) is 6.05. The molecule has 0 N–H and O–H groups in total. The van der Waals surface area contributed by atoms with Crippen LogP contribution in [0.25, 0.3) is 0 Å². The van der Waals surface area contributed by atoms with E-state index in [2.05, 4.69) is 6.92 Å². The van der Waals surface area contributed by atoms with Crippen LogP contribution in [0.1, 0.15) is 45.4 Å². The Hall–Kier alpha value is -1.93. The van der Waals surface area contributed by atoms with Crippen molar-refractivity contribution >= 4 is 21.8 Å². The van der Waals surface area contributed by atoms with E-state index in [1.807, 2.05) is 7.05 Å². The van der Waals surface area contributed by atoms with E-state index in [0.29, 0.717) is 45.3 Å². The van der Waals surface area contributed by atoms with Gasteiger partial charge in [0.1, 0.15) is 6.04 Å². The smallest absolute Gasteiger partial charge is 0.243 e. The van der Waals surface area contributed by atoms with Gasteiger partial charge in [-0.25, -0.2) is 8.42 Å². The van der Waals surface area contributed by atoms with Crippen LogP contribution in [-0.4, -0.2) is 73.6 Å². The van der Waals surface area contributed by atoms with Crippen LogP contribution in [0.5, 0.6) is 0 Å². The summed E-state index contributed by atoms with van der Waals surface area (Å²) in [6.45, 7) is 4.25. The van der Waals surface area contributed by atoms with Gasteiger partial charge in [0.2, 0.25) is 21.8 Å². The van der Waals surface area contributed by atoms with Crippen LogP contribution in [0.3, 0.4) is 0 Å². The maximum Gasteiger partial charge on any atom is 0.243 e. The number of carbonyl (C=O) groups is 2. The van der Waals surface area contributed by atoms with Crippen molar-refractivity contribution in [2.45, 2.75) is 56.4 Å². The molecule has 1 aromatic rings. The Balaban J connectivity index is 1.61. The quantitative estimate of drug-likeness (QED) is 0.659. The summed E-state index contributed by atoms with van der Waals surface area (Å²) < 4.78 is 27.4. The summed E-state index contributed by atoms with van der Waals surface area (Å²) >= 11 is 0. The highest BCUT2D eigenvalue weighted by molar-refractivity contribution is 7.89. The zero-order chi connectivity index (χ0) is 21.7. The molecule has 0 bridgehead atoms. The Kier molecular flexibility index (Phi) is 7.52. The van der Waals surface area contributed by atoms with Gasteiger partial charge < -0.3 is 9.80 Å². The van der Waals surface area contributed by atoms with E-state index in [4.69, 9.17) is 0 Å². The molecule has 8 heteroatoms. The first kappa shape index (κ1) is 22.7. The summed E-state index contributed by atoms with van der Waals surface area (Å²) in [6, 6.07) is 7.66. The molecule has 1 atom stereocenters. The lowest BCUT2D eigenvalue weighted by Crippen LogP contribution is -2.51. The highest BCUT2D eigenvalue weighted by atomic mass is 32.2. The predicted molar refractivity (Wildman–Crippen MR) is 115 cm³/mol. The van der Waals surface area contributed by atoms with E-state index in [-0.39, 0.29) is 22.6 Å². The predicted octanol–water partition coefficient (Wildman–Crippen LogP) is 2.34. The minimum absolute atomic E-state index is 0.0522. The van der Waals surface area contributed by atoms with Crippen LogP contribution in [0, 0.1) is 5.92 Å². The highest BCUT2D eigenvalue weighted by Gasteiger charge is 2.42. The van der Waals surface area contributed by atoms with Gasteiger partial charge in [-0.15, -0.1) is 0 Å². The number of hydrogen-bond donors (Lipinski definition) is 0. The molecular formula is C22H33N3O4S. The SMILES string of the molecule is CCCCN(C)C(=O)C1CCN(C(=O)C2CCCN2S(=O)(=O)c2ccccc2)CC1. The Labute approximate surface area is 180 Å². The van der Waals surface area contributed by atoms with Crippen molar-refractivity contribution < 1.29 is 18.0 Å². The zero-order valence-corrected chi connectivity index (χ0v) is 18.8. The van der Waals surface area contributed by atoms with Gasteiger partial charge in [0, 0.05) is 39.1 Å². The third-order valence-corrected chi connectivity index (χ3v) is 8.14. The molecule has 2 aliphatic heterocycles. The molecular weight excluding hydrogens is 402 g/mol. The van der Waals surface area contributed by atoms with Crippen LogP contribution >= 0.6 is 0 Å². The van der Waals surface area contributed by atoms with Crippen molar-refractivity contribution in [3.8, 4) is 0 Å². The molecule has 2 aliphatic rings. The fourth-order valence-electron chi connectivity index (χ4n) is 4.38. The Bertz CT molecular complexity index is 835. The lowest BCUT2D eigenvalue weighted by Gasteiger charge is -2.36. The van der Waals surface area contributed by atoms with E-state index in [0.717, 1.165) is 19.4 Å². The first-order chi connectivity index (χ1) is 14.4. The molecule has 0 spiro atoms.